The Bertz CT molecular complexity index is 543. The van der Waals surface area contributed by atoms with Crippen molar-refractivity contribution in [2.24, 2.45) is 0 Å². The molecule has 0 saturated heterocycles. The van der Waals surface area contributed by atoms with Gasteiger partial charge in [0, 0.05) is 22.4 Å². The van der Waals surface area contributed by atoms with E-state index < -0.39 is 0 Å². The fourth-order valence-corrected chi connectivity index (χ4v) is 2.98. The van der Waals surface area contributed by atoms with Gasteiger partial charge in [0.2, 0.25) is 0 Å². The molecule has 1 N–H and O–H groups in total. The summed E-state index contributed by atoms with van der Waals surface area (Å²) in [4.78, 5) is 2.62. The van der Waals surface area contributed by atoms with E-state index in [-0.39, 0.29) is 0 Å². The third kappa shape index (κ3) is 3.85. The Balaban J connectivity index is 1.61. The van der Waals surface area contributed by atoms with Crippen molar-refractivity contribution in [1.29, 1.82) is 0 Å². The van der Waals surface area contributed by atoms with Gasteiger partial charge < -0.3 is 5.32 Å². The van der Waals surface area contributed by atoms with E-state index in [1.54, 1.807) is 0 Å². The van der Waals surface area contributed by atoms with E-state index in [1.165, 1.54) is 33.8 Å². The summed E-state index contributed by atoms with van der Waals surface area (Å²) in [5.74, 6) is 0. The Kier molecular flexibility index (Phi) is 3.90. The van der Waals surface area contributed by atoms with Crippen molar-refractivity contribution >= 4 is 11.8 Å². The fraction of sp³-hybridized carbons (Fsp3) is 0.294. The first-order chi connectivity index (χ1) is 9.29. The van der Waals surface area contributed by atoms with Gasteiger partial charge in [-0.15, -0.1) is 0 Å². The van der Waals surface area contributed by atoms with Crippen LogP contribution in [0.1, 0.15) is 24.0 Å². The smallest absolute Gasteiger partial charge is 0.0208 e. The zero-order valence-corrected chi connectivity index (χ0v) is 12.0. The molecule has 0 aromatic heterocycles. The summed E-state index contributed by atoms with van der Waals surface area (Å²) >= 11 is 1.83. The maximum absolute atomic E-state index is 3.54. The monoisotopic (exact) mass is 269 g/mol. The van der Waals surface area contributed by atoms with Gasteiger partial charge >= 0.3 is 0 Å². The minimum Gasteiger partial charge on any atom is -0.310 e. The van der Waals surface area contributed by atoms with Crippen molar-refractivity contribution in [2.45, 2.75) is 42.1 Å². The molecule has 0 radical (unpaired) electrons. The Morgan fingerprint density at radius 3 is 2.53 bits per heavy atom. The highest BCUT2D eigenvalue weighted by Crippen LogP contribution is 2.28. The predicted molar refractivity (Wildman–Crippen MR) is 81.6 cm³/mol. The summed E-state index contributed by atoms with van der Waals surface area (Å²) in [5.41, 5.74) is 2.69. The highest BCUT2D eigenvalue weighted by Gasteiger charge is 2.19. The van der Waals surface area contributed by atoms with E-state index in [4.69, 9.17) is 0 Å². The van der Waals surface area contributed by atoms with Crippen molar-refractivity contribution < 1.29 is 0 Å². The second-order valence-electron chi connectivity index (χ2n) is 5.22. The molecule has 0 atom stereocenters. The minimum atomic E-state index is 0.779. The van der Waals surface area contributed by atoms with Gasteiger partial charge in [-0.25, -0.2) is 0 Å². The van der Waals surface area contributed by atoms with Gasteiger partial charge in [-0.1, -0.05) is 41.6 Å². The molecule has 1 nitrogen and oxygen atoms in total. The highest BCUT2D eigenvalue weighted by atomic mass is 32.2. The van der Waals surface area contributed by atoms with Crippen LogP contribution >= 0.6 is 11.8 Å². The third-order valence-electron chi connectivity index (χ3n) is 3.32. The first kappa shape index (κ1) is 12.8. The van der Waals surface area contributed by atoms with Gasteiger partial charge in [-0.05, 0) is 49.6 Å². The van der Waals surface area contributed by atoms with Gasteiger partial charge in [0.25, 0.3) is 0 Å². The van der Waals surface area contributed by atoms with Crippen LogP contribution in [-0.2, 0) is 6.54 Å². The molecule has 0 unspecified atom stereocenters. The molecule has 2 heteroatoms. The molecule has 1 aliphatic carbocycles. The van der Waals surface area contributed by atoms with Gasteiger partial charge in [-0.3, -0.25) is 0 Å². The number of hydrogen-bond acceptors (Lipinski definition) is 2. The van der Waals surface area contributed by atoms with Crippen LogP contribution in [0, 0.1) is 6.92 Å². The lowest BCUT2D eigenvalue weighted by Gasteiger charge is -2.06. The standard InChI is InChI=1S/C17H19NS/c1-13-3-2-4-17(11-13)19-16-9-5-14(6-10-16)12-18-15-7-8-15/h2-6,9-11,15,18H,7-8,12H2,1H3. The SMILES string of the molecule is Cc1cccc(Sc2ccc(CNC3CC3)cc2)c1. The fourth-order valence-electron chi connectivity index (χ4n) is 2.04. The largest absolute Gasteiger partial charge is 0.310 e. The molecule has 2 aromatic rings. The quantitative estimate of drug-likeness (QED) is 0.863. The average Bonchev–Trinajstić information content (AvgIpc) is 3.22. The predicted octanol–water partition coefficient (Wildman–Crippen LogP) is 4.40. The van der Waals surface area contributed by atoms with Crippen molar-refractivity contribution in [3.63, 3.8) is 0 Å². The Morgan fingerprint density at radius 2 is 1.84 bits per heavy atom. The summed E-state index contributed by atoms with van der Waals surface area (Å²) < 4.78 is 0. The number of aryl methyl sites for hydroxylation is 1. The second-order valence-corrected chi connectivity index (χ2v) is 6.36. The normalized spacial score (nSPS) is 14.6. The van der Waals surface area contributed by atoms with E-state index in [1.807, 2.05) is 11.8 Å². The first-order valence-electron chi connectivity index (χ1n) is 6.86. The molecule has 0 bridgehead atoms. The van der Waals surface area contributed by atoms with Gasteiger partial charge in [0.05, 0.1) is 0 Å². The topological polar surface area (TPSA) is 12.0 Å². The molecule has 1 saturated carbocycles. The van der Waals surface area contributed by atoms with Crippen molar-refractivity contribution in [3.8, 4) is 0 Å². The highest BCUT2D eigenvalue weighted by molar-refractivity contribution is 7.99. The van der Waals surface area contributed by atoms with Crippen molar-refractivity contribution in [3.05, 3.63) is 59.7 Å². The lowest BCUT2D eigenvalue weighted by molar-refractivity contribution is 0.687. The number of benzene rings is 2. The zero-order chi connectivity index (χ0) is 13.1. The third-order valence-corrected chi connectivity index (χ3v) is 4.32. The van der Waals surface area contributed by atoms with Crippen LogP contribution in [0.3, 0.4) is 0 Å². The van der Waals surface area contributed by atoms with Crippen LogP contribution in [0.15, 0.2) is 58.3 Å². The minimum absolute atomic E-state index is 0.779. The molecule has 1 aliphatic rings. The Morgan fingerprint density at radius 1 is 1.05 bits per heavy atom. The second kappa shape index (κ2) is 5.81. The first-order valence-corrected chi connectivity index (χ1v) is 7.68. The molecule has 19 heavy (non-hydrogen) atoms. The van der Waals surface area contributed by atoms with Gasteiger partial charge in [-0.2, -0.15) is 0 Å². The summed E-state index contributed by atoms with van der Waals surface area (Å²) in [6, 6.07) is 18.3. The lowest BCUT2D eigenvalue weighted by Crippen LogP contribution is -2.14. The van der Waals surface area contributed by atoms with Crippen molar-refractivity contribution in [1.82, 2.24) is 5.32 Å². The van der Waals surface area contributed by atoms with Gasteiger partial charge in [0.15, 0.2) is 0 Å². The lowest BCUT2D eigenvalue weighted by atomic mass is 10.2. The van der Waals surface area contributed by atoms with Crippen LogP contribution in [0.2, 0.25) is 0 Å². The summed E-state index contributed by atoms with van der Waals surface area (Å²) in [5, 5.41) is 3.54. The van der Waals surface area contributed by atoms with Crippen LogP contribution in [0.5, 0.6) is 0 Å². The van der Waals surface area contributed by atoms with E-state index >= 15 is 0 Å². The molecule has 98 valence electrons. The zero-order valence-electron chi connectivity index (χ0n) is 11.2. The van der Waals surface area contributed by atoms with Crippen molar-refractivity contribution in [2.75, 3.05) is 0 Å². The molecule has 1 fully saturated rings. The number of nitrogens with one attached hydrogen (secondary N) is 1. The number of hydrogen-bond donors (Lipinski definition) is 1. The van der Waals surface area contributed by atoms with E-state index in [0.29, 0.717) is 0 Å². The summed E-state index contributed by atoms with van der Waals surface area (Å²) in [6.07, 6.45) is 2.70. The Labute approximate surface area is 119 Å². The molecular formula is C17H19NS. The molecule has 2 aromatic carbocycles. The van der Waals surface area contributed by atoms with E-state index in [2.05, 4.69) is 60.8 Å². The van der Waals surface area contributed by atoms with Crippen LogP contribution in [-0.4, -0.2) is 6.04 Å². The van der Waals surface area contributed by atoms with Crippen LogP contribution in [0.25, 0.3) is 0 Å². The van der Waals surface area contributed by atoms with E-state index in [9.17, 15) is 0 Å². The van der Waals surface area contributed by atoms with Crippen LogP contribution in [0.4, 0.5) is 0 Å². The summed E-state index contributed by atoms with van der Waals surface area (Å²) in [7, 11) is 0. The van der Waals surface area contributed by atoms with Gasteiger partial charge in [0.1, 0.15) is 0 Å². The summed E-state index contributed by atoms with van der Waals surface area (Å²) in [6.45, 7) is 3.14. The molecule has 3 rings (SSSR count). The maximum atomic E-state index is 3.54. The molecule has 0 heterocycles. The molecule has 0 spiro atoms. The number of rotatable bonds is 5. The average molecular weight is 269 g/mol. The Hall–Kier alpha value is -1.25. The maximum Gasteiger partial charge on any atom is 0.0208 e. The van der Waals surface area contributed by atoms with E-state index in [0.717, 1.165) is 12.6 Å². The molecule has 0 aliphatic heterocycles. The van der Waals surface area contributed by atoms with Crippen LogP contribution < -0.4 is 5.32 Å². The molecule has 0 amide bonds. The molecular weight excluding hydrogens is 250 g/mol.